The van der Waals surface area contributed by atoms with E-state index < -0.39 is 5.97 Å². The van der Waals surface area contributed by atoms with Crippen LogP contribution in [0.25, 0.3) is 0 Å². The van der Waals surface area contributed by atoms with Gasteiger partial charge in [0.1, 0.15) is 18.1 Å². The van der Waals surface area contributed by atoms with E-state index in [1.54, 1.807) is 6.92 Å². The number of rotatable bonds is 4. The molecule has 20 heavy (non-hydrogen) atoms. The van der Waals surface area contributed by atoms with Gasteiger partial charge in [0.2, 0.25) is 5.76 Å². The molecule has 0 amide bonds. The molecule has 0 fully saturated rings. The maximum atomic E-state index is 10.8. The predicted molar refractivity (Wildman–Crippen MR) is 75.7 cm³/mol. The van der Waals surface area contributed by atoms with Crippen LogP contribution in [-0.4, -0.2) is 11.1 Å². The summed E-state index contributed by atoms with van der Waals surface area (Å²) in [6, 6.07) is 5.14. The average molecular weight is 295 g/mol. The third kappa shape index (κ3) is 2.96. The van der Waals surface area contributed by atoms with Crippen molar-refractivity contribution in [3.63, 3.8) is 0 Å². The molecule has 0 saturated heterocycles. The molecule has 1 heterocycles. The number of hydrogen-bond acceptors (Lipinski definition) is 3. The summed E-state index contributed by atoms with van der Waals surface area (Å²) in [6.45, 7) is 5.80. The minimum Gasteiger partial charge on any atom is -0.488 e. The third-order valence-corrected chi connectivity index (χ3v) is 3.25. The maximum absolute atomic E-state index is 10.8. The van der Waals surface area contributed by atoms with E-state index in [0.29, 0.717) is 10.8 Å². The Kier molecular flexibility index (Phi) is 4.04. The van der Waals surface area contributed by atoms with Crippen molar-refractivity contribution < 1.29 is 19.1 Å². The molecule has 0 atom stereocenters. The van der Waals surface area contributed by atoms with Gasteiger partial charge >= 0.3 is 5.97 Å². The van der Waals surface area contributed by atoms with Gasteiger partial charge in [-0.05, 0) is 50.1 Å². The summed E-state index contributed by atoms with van der Waals surface area (Å²) in [5.41, 5.74) is 2.60. The number of aryl methyl sites for hydroxylation is 3. The fourth-order valence-corrected chi connectivity index (χ4v) is 2.37. The SMILES string of the molecule is Cc1cc(Cl)cc(C)c1OCc1cc(C(=O)O)oc1C. The molecule has 0 saturated carbocycles. The number of aromatic carboxylic acids is 1. The fourth-order valence-electron chi connectivity index (χ4n) is 2.04. The molecule has 0 aliphatic carbocycles. The second-order valence-corrected chi connectivity index (χ2v) is 5.09. The zero-order valence-electron chi connectivity index (χ0n) is 11.5. The molecule has 1 aromatic carbocycles. The lowest BCUT2D eigenvalue weighted by Crippen LogP contribution is -1.99. The molecular formula is C15H15ClO4. The topological polar surface area (TPSA) is 59.7 Å². The number of benzene rings is 1. The number of furan rings is 1. The van der Waals surface area contributed by atoms with Crippen molar-refractivity contribution >= 4 is 17.6 Å². The average Bonchev–Trinajstić information content (AvgIpc) is 2.70. The van der Waals surface area contributed by atoms with Crippen LogP contribution in [0.4, 0.5) is 0 Å². The van der Waals surface area contributed by atoms with Gasteiger partial charge in [-0.15, -0.1) is 0 Å². The minimum atomic E-state index is -1.08. The molecule has 0 aliphatic heterocycles. The highest BCUT2D eigenvalue weighted by Crippen LogP contribution is 2.28. The van der Waals surface area contributed by atoms with Gasteiger partial charge in [-0.2, -0.15) is 0 Å². The molecule has 1 N–H and O–H groups in total. The lowest BCUT2D eigenvalue weighted by atomic mass is 10.1. The van der Waals surface area contributed by atoms with Crippen LogP contribution in [0.3, 0.4) is 0 Å². The van der Waals surface area contributed by atoms with E-state index >= 15 is 0 Å². The van der Waals surface area contributed by atoms with E-state index in [4.69, 9.17) is 25.9 Å². The number of carboxylic acid groups (broad SMARTS) is 1. The van der Waals surface area contributed by atoms with Crippen LogP contribution in [0.15, 0.2) is 22.6 Å². The molecule has 106 valence electrons. The van der Waals surface area contributed by atoms with E-state index in [9.17, 15) is 4.79 Å². The van der Waals surface area contributed by atoms with Gasteiger partial charge in [0.05, 0.1) is 0 Å². The molecule has 4 nitrogen and oxygen atoms in total. The Hall–Kier alpha value is -1.94. The second-order valence-electron chi connectivity index (χ2n) is 4.65. The first-order chi connectivity index (χ1) is 9.38. The monoisotopic (exact) mass is 294 g/mol. The summed E-state index contributed by atoms with van der Waals surface area (Å²) in [7, 11) is 0. The third-order valence-electron chi connectivity index (χ3n) is 3.03. The summed E-state index contributed by atoms with van der Waals surface area (Å²) in [5.74, 6) is 0.141. The summed E-state index contributed by atoms with van der Waals surface area (Å²) in [6.07, 6.45) is 0. The number of carbonyl (C=O) groups is 1. The molecule has 1 aromatic heterocycles. The highest BCUT2D eigenvalue weighted by Gasteiger charge is 2.14. The predicted octanol–water partition coefficient (Wildman–Crippen LogP) is 4.14. The van der Waals surface area contributed by atoms with Crippen LogP contribution < -0.4 is 4.74 Å². The second kappa shape index (κ2) is 5.59. The maximum Gasteiger partial charge on any atom is 0.371 e. The van der Waals surface area contributed by atoms with Gasteiger partial charge in [0.15, 0.2) is 0 Å². The lowest BCUT2D eigenvalue weighted by Gasteiger charge is -2.12. The summed E-state index contributed by atoms with van der Waals surface area (Å²) in [4.78, 5) is 10.8. The van der Waals surface area contributed by atoms with Gasteiger partial charge < -0.3 is 14.3 Å². The Balaban J connectivity index is 2.19. The largest absolute Gasteiger partial charge is 0.488 e. The van der Waals surface area contributed by atoms with Crippen molar-refractivity contribution in [1.29, 1.82) is 0 Å². The quantitative estimate of drug-likeness (QED) is 0.921. The summed E-state index contributed by atoms with van der Waals surface area (Å²) in [5, 5.41) is 9.54. The molecule has 0 spiro atoms. The van der Waals surface area contributed by atoms with Crippen LogP contribution in [0.1, 0.15) is 33.0 Å². The van der Waals surface area contributed by atoms with Crippen LogP contribution in [0.2, 0.25) is 5.02 Å². The molecule has 0 radical (unpaired) electrons. The number of carboxylic acids is 1. The minimum absolute atomic E-state index is 0.0781. The van der Waals surface area contributed by atoms with Gasteiger partial charge in [0, 0.05) is 10.6 Å². The van der Waals surface area contributed by atoms with Crippen LogP contribution in [0, 0.1) is 20.8 Å². The Morgan fingerprint density at radius 1 is 1.25 bits per heavy atom. The van der Waals surface area contributed by atoms with Crippen molar-refractivity contribution in [3.05, 3.63) is 51.4 Å². The van der Waals surface area contributed by atoms with Crippen LogP contribution >= 0.6 is 11.6 Å². The highest BCUT2D eigenvalue weighted by atomic mass is 35.5. The zero-order chi connectivity index (χ0) is 14.9. The molecule has 0 unspecified atom stereocenters. The summed E-state index contributed by atoms with van der Waals surface area (Å²) < 4.78 is 10.9. The standard InChI is InChI=1S/C15H15ClO4/c1-8-4-12(16)5-9(2)14(8)19-7-11-6-13(15(17)18)20-10(11)3/h4-6H,7H2,1-3H3,(H,17,18). The van der Waals surface area contributed by atoms with Crippen molar-refractivity contribution in [1.82, 2.24) is 0 Å². The van der Waals surface area contributed by atoms with Gasteiger partial charge in [-0.1, -0.05) is 11.6 Å². The Morgan fingerprint density at radius 2 is 1.85 bits per heavy atom. The lowest BCUT2D eigenvalue weighted by molar-refractivity contribution is 0.0661. The van der Waals surface area contributed by atoms with Gasteiger partial charge in [-0.3, -0.25) is 0 Å². The fraction of sp³-hybridized carbons (Fsp3) is 0.267. The van der Waals surface area contributed by atoms with Crippen molar-refractivity contribution in [2.24, 2.45) is 0 Å². The summed E-state index contributed by atoms with van der Waals surface area (Å²) >= 11 is 5.97. The number of halogens is 1. The van der Waals surface area contributed by atoms with Crippen molar-refractivity contribution in [2.75, 3.05) is 0 Å². The molecule has 0 bridgehead atoms. The van der Waals surface area contributed by atoms with Gasteiger partial charge in [-0.25, -0.2) is 4.79 Å². The molecule has 2 aromatic rings. The van der Waals surface area contributed by atoms with Gasteiger partial charge in [0.25, 0.3) is 0 Å². The van der Waals surface area contributed by atoms with E-state index in [-0.39, 0.29) is 12.4 Å². The smallest absolute Gasteiger partial charge is 0.371 e. The van der Waals surface area contributed by atoms with E-state index in [1.165, 1.54) is 6.07 Å². The van der Waals surface area contributed by atoms with E-state index in [0.717, 1.165) is 22.4 Å². The number of ether oxygens (including phenoxy) is 1. The van der Waals surface area contributed by atoms with E-state index in [2.05, 4.69) is 0 Å². The van der Waals surface area contributed by atoms with Crippen LogP contribution in [0.5, 0.6) is 5.75 Å². The van der Waals surface area contributed by atoms with Crippen molar-refractivity contribution in [2.45, 2.75) is 27.4 Å². The Morgan fingerprint density at radius 3 is 2.35 bits per heavy atom. The van der Waals surface area contributed by atoms with Crippen molar-refractivity contribution in [3.8, 4) is 5.75 Å². The van der Waals surface area contributed by atoms with Crippen LogP contribution in [-0.2, 0) is 6.61 Å². The zero-order valence-corrected chi connectivity index (χ0v) is 12.2. The molecule has 5 heteroatoms. The number of hydrogen-bond donors (Lipinski definition) is 1. The first-order valence-corrected chi connectivity index (χ1v) is 6.48. The normalized spacial score (nSPS) is 10.6. The Bertz CT molecular complexity index is 635. The molecule has 2 rings (SSSR count). The Labute approximate surface area is 121 Å². The molecule has 0 aliphatic rings. The first-order valence-electron chi connectivity index (χ1n) is 6.10. The molecular weight excluding hydrogens is 280 g/mol. The van der Waals surface area contributed by atoms with E-state index in [1.807, 2.05) is 26.0 Å². The first kappa shape index (κ1) is 14.5. The highest BCUT2D eigenvalue weighted by molar-refractivity contribution is 6.30.